The fourth-order valence-electron chi connectivity index (χ4n) is 0.856. The molecule has 0 saturated heterocycles. The highest BCUT2D eigenvalue weighted by molar-refractivity contribution is 6.31. The first-order valence-corrected chi connectivity index (χ1v) is 4.24. The van der Waals surface area contributed by atoms with Gasteiger partial charge in [0.1, 0.15) is 0 Å². The minimum Gasteiger partial charge on any atom is -0.197 e. The Bertz CT molecular complexity index is 404. The van der Waals surface area contributed by atoms with Gasteiger partial charge in [-0.1, -0.05) is 29.5 Å². The highest BCUT2D eigenvalue weighted by atomic mass is 35.5. The van der Waals surface area contributed by atoms with E-state index in [4.69, 9.17) is 16.9 Å². The van der Waals surface area contributed by atoms with Crippen molar-refractivity contribution in [2.45, 2.75) is 13.3 Å². The van der Waals surface area contributed by atoms with Gasteiger partial charge in [-0.25, -0.2) is 0 Å². The van der Waals surface area contributed by atoms with E-state index in [1.54, 1.807) is 6.07 Å². The van der Waals surface area contributed by atoms with E-state index >= 15 is 0 Å². The van der Waals surface area contributed by atoms with Crippen LogP contribution in [0, 0.1) is 30.1 Å². The van der Waals surface area contributed by atoms with Crippen LogP contribution in [0.15, 0.2) is 18.2 Å². The standard InChI is InChI=1S/C11H8ClN/c1-9-5-6-10(8-11(9)12)4-2-3-7-13/h5-6,8H,3H2,1H3. The van der Waals surface area contributed by atoms with Gasteiger partial charge in [-0.2, -0.15) is 5.26 Å². The fraction of sp³-hybridized carbons (Fsp3) is 0.182. The Hall–Kier alpha value is -1.44. The van der Waals surface area contributed by atoms with Gasteiger partial charge in [0.2, 0.25) is 0 Å². The van der Waals surface area contributed by atoms with Gasteiger partial charge in [0.25, 0.3) is 0 Å². The van der Waals surface area contributed by atoms with E-state index in [1.807, 2.05) is 25.1 Å². The molecule has 1 aromatic carbocycles. The second-order valence-electron chi connectivity index (χ2n) is 2.60. The average Bonchev–Trinajstić information content (AvgIpc) is 2.12. The summed E-state index contributed by atoms with van der Waals surface area (Å²) >= 11 is 5.89. The molecule has 0 atom stereocenters. The predicted molar refractivity (Wildman–Crippen MR) is 53.3 cm³/mol. The summed E-state index contributed by atoms with van der Waals surface area (Å²) in [6.45, 7) is 1.94. The number of hydrogen-bond acceptors (Lipinski definition) is 1. The third-order valence-electron chi connectivity index (χ3n) is 1.57. The summed E-state index contributed by atoms with van der Waals surface area (Å²) in [5.41, 5.74) is 1.89. The normalized spacial score (nSPS) is 8.38. The third kappa shape index (κ3) is 2.82. The molecule has 0 aromatic heterocycles. The Kier molecular flexibility index (Phi) is 3.38. The number of benzene rings is 1. The molecule has 0 bridgehead atoms. The van der Waals surface area contributed by atoms with Crippen molar-refractivity contribution in [1.29, 1.82) is 5.26 Å². The first kappa shape index (κ1) is 9.65. The first-order valence-electron chi connectivity index (χ1n) is 3.86. The van der Waals surface area contributed by atoms with E-state index in [2.05, 4.69) is 11.8 Å². The van der Waals surface area contributed by atoms with Crippen molar-refractivity contribution in [1.82, 2.24) is 0 Å². The number of nitrogens with zero attached hydrogens (tertiary/aromatic N) is 1. The Labute approximate surface area is 83.0 Å². The number of nitriles is 1. The van der Waals surface area contributed by atoms with Crippen molar-refractivity contribution in [2.24, 2.45) is 0 Å². The summed E-state index contributed by atoms with van der Waals surface area (Å²) in [7, 11) is 0. The fourth-order valence-corrected chi connectivity index (χ4v) is 1.04. The van der Waals surface area contributed by atoms with E-state index in [0.29, 0.717) is 5.02 Å². The quantitative estimate of drug-likeness (QED) is 0.576. The lowest BCUT2D eigenvalue weighted by molar-refractivity contribution is 1.39. The molecule has 64 valence electrons. The molecule has 0 aliphatic heterocycles. The zero-order valence-corrected chi connectivity index (χ0v) is 8.02. The molecule has 0 unspecified atom stereocenters. The summed E-state index contributed by atoms with van der Waals surface area (Å²) in [5.74, 6) is 5.58. The summed E-state index contributed by atoms with van der Waals surface area (Å²) in [5, 5.41) is 8.98. The molecule has 0 aliphatic rings. The van der Waals surface area contributed by atoms with Crippen molar-refractivity contribution in [3.05, 3.63) is 34.3 Å². The minimum atomic E-state index is 0.255. The molecule has 0 saturated carbocycles. The topological polar surface area (TPSA) is 23.8 Å². The van der Waals surface area contributed by atoms with E-state index < -0.39 is 0 Å². The van der Waals surface area contributed by atoms with Crippen LogP contribution in [0.25, 0.3) is 0 Å². The van der Waals surface area contributed by atoms with Gasteiger partial charge in [-0.3, -0.25) is 0 Å². The van der Waals surface area contributed by atoms with Crippen LogP contribution in [0.1, 0.15) is 17.5 Å². The Morgan fingerprint density at radius 3 is 2.85 bits per heavy atom. The molecule has 1 aromatic rings. The van der Waals surface area contributed by atoms with E-state index in [-0.39, 0.29) is 6.42 Å². The second kappa shape index (κ2) is 4.55. The third-order valence-corrected chi connectivity index (χ3v) is 1.98. The van der Waals surface area contributed by atoms with Crippen molar-refractivity contribution in [3.63, 3.8) is 0 Å². The zero-order valence-electron chi connectivity index (χ0n) is 7.26. The van der Waals surface area contributed by atoms with Gasteiger partial charge in [0, 0.05) is 10.6 Å². The van der Waals surface area contributed by atoms with Crippen LogP contribution in [-0.2, 0) is 0 Å². The molecule has 1 nitrogen and oxygen atoms in total. The van der Waals surface area contributed by atoms with Crippen LogP contribution in [-0.4, -0.2) is 0 Å². The molecule has 0 N–H and O–H groups in total. The summed E-state index contributed by atoms with van der Waals surface area (Å²) in [4.78, 5) is 0. The number of hydrogen-bond donors (Lipinski definition) is 0. The lowest BCUT2D eigenvalue weighted by Crippen LogP contribution is -1.78. The average molecular weight is 190 g/mol. The maximum Gasteiger partial charge on any atom is 0.0966 e. The van der Waals surface area contributed by atoms with Gasteiger partial charge in [0.15, 0.2) is 0 Å². The highest BCUT2D eigenvalue weighted by Crippen LogP contribution is 2.15. The Balaban J connectivity index is 2.89. The monoisotopic (exact) mass is 189 g/mol. The van der Waals surface area contributed by atoms with Crippen LogP contribution in [0.5, 0.6) is 0 Å². The van der Waals surface area contributed by atoms with E-state index in [0.717, 1.165) is 11.1 Å². The van der Waals surface area contributed by atoms with Gasteiger partial charge < -0.3 is 0 Å². The summed E-state index contributed by atoms with van der Waals surface area (Å²) in [6, 6.07) is 7.57. The van der Waals surface area contributed by atoms with Crippen molar-refractivity contribution >= 4 is 11.6 Å². The molecule has 0 amide bonds. The summed E-state index contributed by atoms with van der Waals surface area (Å²) in [6.07, 6.45) is 0.255. The largest absolute Gasteiger partial charge is 0.197 e. The molecule has 0 aliphatic carbocycles. The maximum absolute atomic E-state index is 8.26. The second-order valence-corrected chi connectivity index (χ2v) is 3.01. The summed E-state index contributed by atoms with van der Waals surface area (Å²) < 4.78 is 0. The smallest absolute Gasteiger partial charge is 0.0966 e. The minimum absolute atomic E-state index is 0.255. The zero-order chi connectivity index (χ0) is 9.68. The number of rotatable bonds is 0. The van der Waals surface area contributed by atoms with Crippen molar-refractivity contribution < 1.29 is 0 Å². The van der Waals surface area contributed by atoms with Gasteiger partial charge in [-0.15, -0.1) is 0 Å². The van der Waals surface area contributed by atoms with E-state index in [1.165, 1.54) is 0 Å². The lowest BCUT2D eigenvalue weighted by atomic mass is 10.1. The molecular formula is C11H8ClN. The number of halogens is 1. The molecule has 0 heterocycles. The molecular weight excluding hydrogens is 182 g/mol. The Morgan fingerprint density at radius 1 is 1.46 bits per heavy atom. The predicted octanol–water partition coefficient (Wildman–Crippen LogP) is 2.91. The number of aryl methyl sites for hydroxylation is 1. The van der Waals surface area contributed by atoms with Gasteiger partial charge >= 0.3 is 0 Å². The molecule has 1 rings (SSSR count). The molecule has 0 fully saturated rings. The Morgan fingerprint density at radius 2 is 2.23 bits per heavy atom. The van der Waals surface area contributed by atoms with Crippen LogP contribution in [0.4, 0.5) is 0 Å². The maximum atomic E-state index is 8.26. The van der Waals surface area contributed by atoms with Crippen LogP contribution in [0.3, 0.4) is 0 Å². The van der Waals surface area contributed by atoms with Crippen molar-refractivity contribution in [3.8, 4) is 17.9 Å². The van der Waals surface area contributed by atoms with Crippen molar-refractivity contribution in [2.75, 3.05) is 0 Å². The molecule has 2 heteroatoms. The SMILES string of the molecule is Cc1ccc(C#CCC#N)cc1Cl. The highest BCUT2D eigenvalue weighted by Gasteiger charge is 1.93. The van der Waals surface area contributed by atoms with Gasteiger partial charge in [-0.05, 0) is 24.6 Å². The first-order chi connectivity index (χ1) is 6.24. The van der Waals surface area contributed by atoms with E-state index in [9.17, 15) is 0 Å². The lowest BCUT2D eigenvalue weighted by Gasteiger charge is -1.96. The van der Waals surface area contributed by atoms with Crippen LogP contribution < -0.4 is 0 Å². The van der Waals surface area contributed by atoms with Gasteiger partial charge in [0.05, 0.1) is 12.5 Å². The molecule has 13 heavy (non-hydrogen) atoms. The van der Waals surface area contributed by atoms with Crippen LogP contribution in [0.2, 0.25) is 5.02 Å². The van der Waals surface area contributed by atoms with Crippen LogP contribution >= 0.6 is 11.6 Å². The molecule has 0 radical (unpaired) electrons. The molecule has 0 spiro atoms.